The highest BCUT2D eigenvalue weighted by atomic mass is 15.2. The van der Waals surface area contributed by atoms with Crippen LogP contribution < -0.4 is 5.73 Å². The molecule has 70 valence electrons. The van der Waals surface area contributed by atoms with E-state index in [-0.39, 0.29) is 12.0 Å². The number of likely N-dealkylation sites (tertiary alicyclic amines) is 1. The maximum atomic E-state index is 7.54. The summed E-state index contributed by atoms with van der Waals surface area (Å²) in [5.41, 5.74) is 12.9. The minimum absolute atomic E-state index is 0.0270. The van der Waals surface area contributed by atoms with Gasteiger partial charge in [-0.25, -0.2) is 0 Å². The van der Waals surface area contributed by atoms with Gasteiger partial charge in [0, 0.05) is 13.1 Å². The standard InChI is InChI=1S/C8H17N4/c1-6(9)7-2-4-12(5-3-7)8(10)11/h6-7,9H,2-5H2,1H3,(H3,10,11)/q-1. The fraction of sp³-hybridized carbons (Fsp3) is 0.875. The van der Waals surface area contributed by atoms with Gasteiger partial charge >= 0.3 is 0 Å². The molecule has 1 rings (SSSR count). The highest BCUT2D eigenvalue weighted by molar-refractivity contribution is 5.74. The third-order valence-electron chi connectivity index (χ3n) is 2.59. The van der Waals surface area contributed by atoms with Gasteiger partial charge in [0.05, 0.1) is 0 Å². The molecule has 0 amide bonds. The molecular formula is C8H17N4-. The molecule has 0 aromatic heterocycles. The van der Waals surface area contributed by atoms with Gasteiger partial charge < -0.3 is 16.4 Å². The average Bonchev–Trinajstić information content (AvgIpc) is 2.04. The predicted molar refractivity (Wildman–Crippen MR) is 50.0 cm³/mol. The van der Waals surface area contributed by atoms with Crippen LogP contribution in [0.15, 0.2) is 0 Å². The Balaban J connectivity index is 2.34. The quantitative estimate of drug-likeness (QED) is 0.454. The molecule has 1 atom stereocenters. The van der Waals surface area contributed by atoms with Crippen LogP contribution in [0.3, 0.4) is 0 Å². The minimum Gasteiger partial charge on any atom is -0.675 e. The van der Waals surface area contributed by atoms with Crippen LogP contribution in [0.25, 0.3) is 5.73 Å². The first-order valence-electron chi connectivity index (χ1n) is 4.41. The van der Waals surface area contributed by atoms with Crippen molar-refractivity contribution in [1.82, 2.24) is 4.90 Å². The molecule has 0 spiro atoms. The maximum absolute atomic E-state index is 7.54. The second-order valence-corrected chi connectivity index (χ2v) is 3.50. The number of nitrogens with one attached hydrogen (secondary N) is 2. The predicted octanol–water partition coefficient (Wildman–Crippen LogP) is 1.03. The Hall–Kier alpha value is -0.770. The van der Waals surface area contributed by atoms with Crippen LogP contribution in [0.4, 0.5) is 0 Å². The van der Waals surface area contributed by atoms with E-state index in [0.717, 1.165) is 25.9 Å². The molecule has 1 fully saturated rings. The zero-order valence-electron chi connectivity index (χ0n) is 7.51. The van der Waals surface area contributed by atoms with Gasteiger partial charge in [-0.15, -0.1) is 6.04 Å². The van der Waals surface area contributed by atoms with Gasteiger partial charge in [0.2, 0.25) is 0 Å². The number of nitrogens with two attached hydrogens (primary N) is 1. The van der Waals surface area contributed by atoms with Gasteiger partial charge in [-0.1, -0.05) is 12.8 Å². The first kappa shape index (κ1) is 9.32. The van der Waals surface area contributed by atoms with Crippen LogP contribution in [0.5, 0.6) is 0 Å². The zero-order chi connectivity index (χ0) is 9.14. The van der Waals surface area contributed by atoms with Crippen LogP contribution in [0.2, 0.25) is 0 Å². The Labute approximate surface area is 73.4 Å². The van der Waals surface area contributed by atoms with Crippen molar-refractivity contribution in [3.63, 3.8) is 0 Å². The van der Waals surface area contributed by atoms with Crippen molar-refractivity contribution < 1.29 is 0 Å². The number of piperidine rings is 1. The third kappa shape index (κ3) is 2.11. The van der Waals surface area contributed by atoms with Crippen LogP contribution in [0, 0.1) is 11.3 Å². The summed E-state index contributed by atoms with van der Waals surface area (Å²) in [5.74, 6) is 0.673. The van der Waals surface area contributed by atoms with Gasteiger partial charge in [-0.3, -0.25) is 5.41 Å². The van der Waals surface area contributed by atoms with E-state index in [2.05, 4.69) is 0 Å². The number of rotatable bonds is 1. The molecule has 1 aliphatic heterocycles. The van der Waals surface area contributed by atoms with Crippen molar-refractivity contribution in [1.29, 1.82) is 5.41 Å². The summed E-state index contributed by atoms with van der Waals surface area (Å²) in [6.07, 6.45) is 2.01. The molecule has 4 N–H and O–H groups in total. The summed E-state index contributed by atoms with van der Waals surface area (Å²) in [7, 11) is 0. The van der Waals surface area contributed by atoms with Crippen molar-refractivity contribution in [3.8, 4) is 0 Å². The Morgan fingerprint density at radius 3 is 2.42 bits per heavy atom. The molecule has 1 saturated heterocycles. The highest BCUT2D eigenvalue weighted by Gasteiger charge is 2.19. The zero-order valence-corrected chi connectivity index (χ0v) is 7.51. The second-order valence-electron chi connectivity index (χ2n) is 3.50. The third-order valence-corrected chi connectivity index (χ3v) is 2.59. The molecule has 4 heteroatoms. The molecule has 0 bridgehead atoms. The van der Waals surface area contributed by atoms with Crippen LogP contribution in [0.1, 0.15) is 19.8 Å². The number of hydrogen-bond acceptors (Lipinski definition) is 1. The molecule has 0 aliphatic carbocycles. The molecular weight excluding hydrogens is 152 g/mol. The van der Waals surface area contributed by atoms with E-state index >= 15 is 0 Å². The smallest absolute Gasteiger partial charge is 0.188 e. The summed E-state index contributed by atoms with van der Waals surface area (Å²) >= 11 is 0. The molecule has 0 radical (unpaired) electrons. The van der Waals surface area contributed by atoms with Gasteiger partial charge in [0.25, 0.3) is 0 Å². The Morgan fingerprint density at radius 1 is 1.58 bits per heavy atom. The summed E-state index contributed by atoms with van der Waals surface area (Å²) < 4.78 is 0. The summed E-state index contributed by atoms with van der Waals surface area (Å²) in [4.78, 5) is 1.87. The molecule has 1 heterocycles. The van der Waals surface area contributed by atoms with Gasteiger partial charge in [0.1, 0.15) is 0 Å². The minimum atomic E-state index is 0.0270. The molecule has 1 unspecified atom stereocenters. The summed E-state index contributed by atoms with van der Waals surface area (Å²) in [6.45, 7) is 3.64. The maximum Gasteiger partial charge on any atom is 0.188 e. The SMILES string of the molecule is CC([NH-])C1CCN(C(=N)N)CC1. The van der Waals surface area contributed by atoms with E-state index in [1.165, 1.54) is 0 Å². The average molecular weight is 169 g/mol. The van der Waals surface area contributed by atoms with Gasteiger partial charge in [0.15, 0.2) is 5.96 Å². The van der Waals surface area contributed by atoms with E-state index in [9.17, 15) is 0 Å². The summed E-state index contributed by atoms with van der Waals surface area (Å²) in [5, 5.41) is 7.22. The molecule has 4 nitrogen and oxygen atoms in total. The van der Waals surface area contributed by atoms with E-state index in [1.54, 1.807) is 0 Å². The monoisotopic (exact) mass is 169 g/mol. The van der Waals surface area contributed by atoms with Gasteiger partial charge in [-0.05, 0) is 12.8 Å². The first-order chi connectivity index (χ1) is 5.61. The van der Waals surface area contributed by atoms with Gasteiger partial charge in [-0.2, -0.15) is 0 Å². The lowest BCUT2D eigenvalue weighted by Crippen LogP contribution is -2.43. The van der Waals surface area contributed by atoms with Crippen LogP contribution in [-0.2, 0) is 0 Å². The number of nitrogens with zero attached hydrogens (tertiary/aromatic N) is 1. The number of guanidine groups is 1. The van der Waals surface area contributed by atoms with Crippen molar-refractivity contribution in [2.24, 2.45) is 11.7 Å². The van der Waals surface area contributed by atoms with E-state index < -0.39 is 0 Å². The highest BCUT2D eigenvalue weighted by Crippen LogP contribution is 2.21. The topological polar surface area (TPSA) is 76.9 Å². The molecule has 1 aliphatic rings. The fourth-order valence-corrected chi connectivity index (χ4v) is 1.64. The molecule has 0 aromatic carbocycles. The normalized spacial score (nSPS) is 22.3. The Morgan fingerprint density at radius 2 is 2.08 bits per heavy atom. The van der Waals surface area contributed by atoms with Crippen molar-refractivity contribution in [2.45, 2.75) is 25.8 Å². The Kier molecular flexibility index (Phi) is 2.92. The van der Waals surface area contributed by atoms with Crippen molar-refractivity contribution in [3.05, 3.63) is 5.73 Å². The summed E-state index contributed by atoms with van der Waals surface area (Å²) in [6, 6.07) is 0.0270. The van der Waals surface area contributed by atoms with Crippen molar-refractivity contribution in [2.75, 3.05) is 13.1 Å². The van der Waals surface area contributed by atoms with Crippen LogP contribution in [-0.4, -0.2) is 30.0 Å². The lowest BCUT2D eigenvalue weighted by Gasteiger charge is -2.36. The Bertz CT molecular complexity index is 158. The number of hydrogen-bond donors (Lipinski definition) is 2. The van der Waals surface area contributed by atoms with E-state index in [0.29, 0.717) is 5.92 Å². The molecule has 0 aromatic rings. The molecule has 12 heavy (non-hydrogen) atoms. The lowest BCUT2D eigenvalue weighted by atomic mass is 9.91. The van der Waals surface area contributed by atoms with E-state index in [1.807, 2.05) is 11.8 Å². The van der Waals surface area contributed by atoms with Crippen molar-refractivity contribution >= 4 is 5.96 Å². The fourth-order valence-electron chi connectivity index (χ4n) is 1.64. The van der Waals surface area contributed by atoms with E-state index in [4.69, 9.17) is 16.9 Å². The molecule has 0 saturated carbocycles. The van der Waals surface area contributed by atoms with Crippen LogP contribution >= 0.6 is 0 Å². The lowest BCUT2D eigenvalue weighted by molar-refractivity contribution is 0.253. The first-order valence-corrected chi connectivity index (χ1v) is 4.41. The second kappa shape index (κ2) is 3.76. The largest absolute Gasteiger partial charge is 0.675 e.